The molecule has 0 bridgehead atoms. The molecule has 10 rings (SSSR count). The molecule has 0 aliphatic heterocycles. The second-order valence-electron chi connectivity index (χ2n) is 11.2. The molecule has 0 fully saturated rings. The van der Waals surface area contributed by atoms with Gasteiger partial charge in [0, 0.05) is 32.9 Å². The Morgan fingerprint density at radius 3 is 1.70 bits per heavy atom. The third-order valence-electron chi connectivity index (χ3n) is 8.44. The summed E-state index contributed by atoms with van der Waals surface area (Å²) in [4.78, 5) is 0. The molecule has 2 nitrogen and oxygen atoms in total. The first-order valence-corrected chi connectivity index (χ1v) is 15.3. The highest BCUT2D eigenvalue weighted by Gasteiger charge is 2.18. The van der Waals surface area contributed by atoms with Crippen LogP contribution in [0.1, 0.15) is 31.5 Å². The van der Waals surface area contributed by atoms with Gasteiger partial charge in [-0.15, -0.1) is 0 Å². The fraction of sp³-hybridized carbons (Fsp3) is 0. The smallest absolute Gasteiger partial charge is 0.0645 e. The van der Waals surface area contributed by atoms with Crippen molar-refractivity contribution < 1.29 is 31.5 Å². The molecule has 0 N–H and O–H groups in total. The summed E-state index contributed by atoms with van der Waals surface area (Å²) in [5.74, 6) is 0. The zero-order valence-electron chi connectivity index (χ0n) is 48.6. The number of aromatic nitrogens is 2. The standard InChI is InChI=1S/C48H32N2/c1-4-13-33(14-5-1)34-23-27-39(28-24-34)49-44-21-11-10-19-41(44)42-31-36(25-29-45(42)49)37-26-30-46-43(32-37)48-40(35-15-6-2-7-16-35)20-12-22-47(48)50(46)38-17-8-3-9-18-38/h1-32H/i1D,3D,4D,5D,8D,9D,10D,11D,12D,13D,14D,17D,18D,19D,20D,21D,22D,25D,26D,29D,30D,31D,32D. The van der Waals surface area contributed by atoms with Crippen LogP contribution in [-0.2, 0) is 0 Å². The van der Waals surface area contributed by atoms with Crippen molar-refractivity contribution in [2.24, 2.45) is 0 Å². The highest BCUT2D eigenvalue weighted by molar-refractivity contribution is 6.17. The van der Waals surface area contributed by atoms with Crippen LogP contribution in [0.4, 0.5) is 0 Å². The van der Waals surface area contributed by atoms with Crippen LogP contribution in [-0.4, -0.2) is 9.13 Å². The molecular weight excluding hydrogens is 605 g/mol. The van der Waals surface area contributed by atoms with E-state index in [4.69, 9.17) is 20.6 Å². The topological polar surface area (TPSA) is 9.86 Å². The molecule has 0 aliphatic carbocycles. The number of hydrogen-bond donors (Lipinski definition) is 0. The minimum Gasteiger partial charge on any atom is -0.309 e. The van der Waals surface area contributed by atoms with Crippen molar-refractivity contribution in [3.05, 3.63) is 194 Å². The third kappa shape index (κ3) is 4.50. The summed E-state index contributed by atoms with van der Waals surface area (Å²) in [6, 6.07) is -2.31. The van der Waals surface area contributed by atoms with Gasteiger partial charge in [-0.1, -0.05) is 133 Å². The summed E-state index contributed by atoms with van der Waals surface area (Å²) in [6.45, 7) is 0. The van der Waals surface area contributed by atoms with E-state index >= 15 is 0 Å². The predicted molar refractivity (Wildman–Crippen MR) is 211 cm³/mol. The molecule has 2 aromatic heterocycles. The number of fused-ring (bicyclic) bond motifs is 6. The second-order valence-corrected chi connectivity index (χ2v) is 11.2. The molecule has 2 heteroatoms. The Morgan fingerprint density at radius 2 is 0.940 bits per heavy atom. The van der Waals surface area contributed by atoms with Gasteiger partial charge >= 0.3 is 0 Å². The Hall–Kier alpha value is -6.64. The average Bonchev–Trinajstić information content (AvgIpc) is 3.92. The summed E-state index contributed by atoms with van der Waals surface area (Å²) in [5.41, 5.74) is -2.85. The van der Waals surface area contributed by atoms with Crippen LogP contribution >= 0.6 is 0 Å². The molecule has 0 amide bonds. The van der Waals surface area contributed by atoms with E-state index < -0.39 is 161 Å². The lowest BCUT2D eigenvalue weighted by atomic mass is 9.97. The maximum Gasteiger partial charge on any atom is 0.0645 e. The summed E-state index contributed by atoms with van der Waals surface area (Å²) in [5, 5.41) is -1.15. The Labute approximate surface area is 323 Å². The molecule has 2 heterocycles. The van der Waals surface area contributed by atoms with E-state index in [0.29, 0.717) is 0 Å². The van der Waals surface area contributed by atoms with E-state index in [-0.39, 0.29) is 66.0 Å². The summed E-state index contributed by atoms with van der Waals surface area (Å²) >= 11 is 0. The van der Waals surface area contributed by atoms with Crippen LogP contribution in [0.15, 0.2) is 194 Å². The van der Waals surface area contributed by atoms with Crippen molar-refractivity contribution in [2.75, 3.05) is 0 Å². The first-order valence-electron chi connectivity index (χ1n) is 26.8. The highest BCUT2D eigenvalue weighted by atomic mass is 15.0. The molecule has 0 aliphatic rings. The molecule has 8 aromatic carbocycles. The molecule has 234 valence electrons. The lowest BCUT2D eigenvalue weighted by Gasteiger charge is -2.10. The van der Waals surface area contributed by atoms with Crippen molar-refractivity contribution >= 4 is 43.6 Å². The van der Waals surface area contributed by atoms with E-state index in [1.165, 1.54) is 28.8 Å². The normalized spacial score (nSPS) is 18.0. The first-order chi connectivity index (χ1) is 34.4. The molecule has 0 atom stereocenters. The molecule has 50 heavy (non-hydrogen) atoms. The van der Waals surface area contributed by atoms with Crippen LogP contribution < -0.4 is 0 Å². The largest absolute Gasteiger partial charge is 0.309 e. The molecule has 0 saturated carbocycles. The van der Waals surface area contributed by atoms with Gasteiger partial charge in [0.05, 0.1) is 53.6 Å². The third-order valence-corrected chi connectivity index (χ3v) is 8.44. The van der Waals surface area contributed by atoms with Crippen LogP contribution in [0.25, 0.3) is 88.4 Å². The fourth-order valence-corrected chi connectivity index (χ4v) is 6.26. The Kier molecular flexibility index (Phi) is 3.15. The maximum atomic E-state index is 10.0. The van der Waals surface area contributed by atoms with E-state index in [0.717, 1.165) is 4.57 Å². The van der Waals surface area contributed by atoms with Crippen molar-refractivity contribution in [3.63, 3.8) is 0 Å². The predicted octanol–water partition coefficient (Wildman–Crippen LogP) is 12.9. The van der Waals surface area contributed by atoms with Crippen LogP contribution in [0.5, 0.6) is 0 Å². The van der Waals surface area contributed by atoms with Gasteiger partial charge in [-0.05, 0) is 93.9 Å². The highest BCUT2D eigenvalue weighted by Crippen LogP contribution is 2.41. The van der Waals surface area contributed by atoms with Gasteiger partial charge in [0.1, 0.15) is 0 Å². The van der Waals surface area contributed by atoms with Gasteiger partial charge in [0.25, 0.3) is 0 Å². The molecule has 0 unspecified atom stereocenters. The number of hydrogen-bond acceptors (Lipinski definition) is 0. The second kappa shape index (κ2) is 11.5. The van der Waals surface area contributed by atoms with Crippen LogP contribution in [0.3, 0.4) is 0 Å². The van der Waals surface area contributed by atoms with Crippen LogP contribution in [0, 0.1) is 0 Å². The van der Waals surface area contributed by atoms with Gasteiger partial charge in [0.2, 0.25) is 0 Å². The van der Waals surface area contributed by atoms with Gasteiger partial charge < -0.3 is 9.13 Å². The van der Waals surface area contributed by atoms with Gasteiger partial charge in [-0.25, -0.2) is 0 Å². The van der Waals surface area contributed by atoms with Gasteiger partial charge in [-0.3, -0.25) is 0 Å². The number of nitrogens with zero attached hydrogens (tertiary/aromatic N) is 2. The van der Waals surface area contributed by atoms with Crippen LogP contribution in [0.2, 0.25) is 0 Å². The quantitative estimate of drug-likeness (QED) is 0.174. The van der Waals surface area contributed by atoms with Crippen molar-refractivity contribution in [2.45, 2.75) is 0 Å². The Balaban J connectivity index is 1.37. The fourth-order valence-electron chi connectivity index (χ4n) is 6.26. The van der Waals surface area contributed by atoms with Crippen molar-refractivity contribution in [1.82, 2.24) is 9.13 Å². The van der Waals surface area contributed by atoms with E-state index in [2.05, 4.69) is 0 Å². The SMILES string of the molecule is [2H]c1c([2H])c([2H])c(-c2ccc(-n3c4c([2H])c([2H])c([2H])c([2H])c4c4c([2H])c(-c5c([2H])c([2H])c6c(c5[2H])c5c(-c7ccccc7)c([2H])c([2H])c([2H])c5n6-c5c([2H])c([2H])c([2H])c([2H])c5[2H])c([2H])c([2H])c43)cc2)c([2H])c1[2H]. The Bertz CT molecular complexity index is 4100. The minimum atomic E-state index is -0.867. The number of benzene rings is 8. The average molecular weight is 660 g/mol. The van der Waals surface area contributed by atoms with E-state index in [1.54, 1.807) is 30.3 Å². The number of para-hydroxylation sites is 2. The van der Waals surface area contributed by atoms with E-state index in [9.17, 15) is 11.0 Å². The lowest BCUT2D eigenvalue weighted by Crippen LogP contribution is -1.94. The van der Waals surface area contributed by atoms with Gasteiger partial charge in [-0.2, -0.15) is 0 Å². The molecule has 10 aromatic rings. The zero-order chi connectivity index (χ0) is 53.0. The van der Waals surface area contributed by atoms with Gasteiger partial charge in [0.15, 0.2) is 0 Å². The minimum absolute atomic E-state index is 0.0743. The number of rotatable bonds is 5. The molecule has 0 saturated heterocycles. The van der Waals surface area contributed by atoms with E-state index in [1.807, 2.05) is 0 Å². The summed E-state index contributed by atoms with van der Waals surface area (Å²) in [6.07, 6.45) is 0. The first kappa shape index (κ1) is 13.7. The maximum absolute atomic E-state index is 10.0. The molecular formula is C48H32N2. The lowest BCUT2D eigenvalue weighted by molar-refractivity contribution is 1.18. The summed E-state index contributed by atoms with van der Waals surface area (Å²) in [7, 11) is 0. The molecule has 0 spiro atoms. The summed E-state index contributed by atoms with van der Waals surface area (Å²) < 4.78 is 208. The van der Waals surface area contributed by atoms with Crippen molar-refractivity contribution in [1.29, 1.82) is 0 Å². The zero-order valence-corrected chi connectivity index (χ0v) is 25.6. The Morgan fingerprint density at radius 1 is 0.340 bits per heavy atom. The van der Waals surface area contributed by atoms with Crippen molar-refractivity contribution in [3.8, 4) is 44.8 Å². The molecule has 0 radical (unpaired) electrons. The monoisotopic (exact) mass is 659 g/mol.